The summed E-state index contributed by atoms with van der Waals surface area (Å²) in [4.78, 5) is 0. The summed E-state index contributed by atoms with van der Waals surface area (Å²) in [5, 5.41) is 6.06. The number of ether oxygens (including phenoxy) is 1. The van der Waals surface area contributed by atoms with E-state index in [0.717, 1.165) is 6.07 Å². The van der Waals surface area contributed by atoms with Crippen LogP contribution in [0.2, 0.25) is 0 Å². The summed E-state index contributed by atoms with van der Waals surface area (Å²) in [6, 6.07) is 2.39. The first-order valence-electron chi connectivity index (χ1n) is 2.89. The Balaban J connectivity index is 3.09. The largest absolute Gasteiger partial charge is 0.480 e. The predicted octanol–water partition coefficient (Wildman–Crippen LogP) is -0.268. The van der Waals surface area contributed by atoms with Gasteiger partial charge in [0.2, 0.25) is 10.9 Å². The molecule has 1 heterocycles. The highest BCUT2D eigenvalue weighted by Crippen LogP contribution is 2.07. The second-order valence-corrected chi connectivity index (χ2v) is 3.26. The number of rotatable bonds is 2. The van der Waals surface area contributed by atoms with E-state index in [2.05, 4.69) is 14.9 Å². The summed E-state index contributed by atoms with van der Waals surface area (Å²) in [7, 11) is -2.88. The third kappa shape index (κ3) is 1.89. The Morgan fingerprint density at radius 3 is 2.42 bits per heavy atom. The minimum Gasteiger partial charge on any atom is -0.480 e. The Kier molecular flexibility index (Phi) is 2.25. The lowest BCUT2D eigenvalue weighted by atomic mass is 10.6. The zero-order valence-corrected chi connectivity index (χ0v) is 6.95. The number of hydrogen-bond donors (Lipinski definition) is 1. The van der Waals surface area contributed by atoms with E-state index in [0.29, 0.717) is 0 Å². The molecular formula is C5H6N2O4S. The van der Waals surface area contributed by atoms with Crippen LogP contribution in [0.1, 0.15) is 0 Å². The third-order valence-electron chi connectivity index (χ3n) is 1.09. The predicted molar refractivity (Wildman–Crippen MR) is 38.4 cm³/mol. The number of nitrogens with zero attached hydrogens (tertiary/aromatic N) is 2. The van der Waals surface area contributed by atoms with Crippen LogP contribution in [0.3, 0.4) is 0 Å². The van der Waals surface area contributed by atoms with Crippen LogP contribution in [0.5, 0.6) is 5.88 Å². The van der Waals surface area contributed by atoms with E-state index >= 15 is 0 Å². The fraction of sp³-hybridized carbons (Fsp3) is 0.200. The normalized spacial score (nSPS) is 11.2. The van der Waals surface area contributed by atoms with Gasteiger partial charge in [0.25, 0.3) is 0 Å². The lowest BCUT2D eigenvalue weighted by Gasteiger charge is -1.96. The average molecular weight is 190 g/mol. The average Bonchev–Trinajstić information content (AvgIpc) is 2.03. The molecule has 1 rings (SSSR count). The molecule has 1 aromatic rings. The van der Waals surface area contributed by atoms with Crippen molar-refractivity contribution in [3.8, 4) is 5.88 Å². The van der Waals surface area contributed by atoms with Gasteiger partial charge in [0, 0.05) is 6.07 Å². The second-order valence-electron chi connectivity index (χ2n) is 1.89. The lowest BCUT2D eigenvalue weighted by Crippen LogP contribution is -2.02. The number of hydrogen-bond acceptors (Lipinski definition) is 5. The minimum absolute atomic E-state index is 0.183. The van der Waals surface area contributed by atoms with Crippen LogP contribution >= 0.6 is 0 Å². The van der Waals surface area contributed by atoms with Crippen molar-refractivity contribution in [3.63, 3.8) is 0 Å². The minimum atomic E-state index is -4.26. The van der Waals surface area contributed by atoms with Crippen molar-refractivity contribution in [3.05, 3.63) is 12.1 Å². The molecule has 0 spiro atoms. The molecule has 0 fully saturated rings. The van der Waals surface area contributed by atoms with Gasteiger partial charge < -0.3 is 4.74 Å². The van der Waals surface area contributed by atoms with Gasteiger partial charge in [0.15, 0.2) is 0 Å². The van der Waals surface area contributed by atoms with Gasteiger partial charge in [-0.1, -0.05) is 0 Å². The van der Waals surface area contributed by atoms with Gasteiger partial charge in [0.1, 0.15) is 0 Å². The third-order valence-corrected chi connectivity index (χ3v) is 1.84. The van der Waals surface area contributed by atoms with Crippen molar-refractivity contribution in [2.45, 2.75) is 5.03 Å². The smallest absolute Gasteiger partial charge is 0.314 e. The highest BCUT2D eigenvalue weighted by atomic mass is 32.2. The van der Waals surface area contributed by atoms with E-state index in [-0.39, 0.29) is 5.88 Å². The fourth-order valence-corrected chi connectivity index (χ4v) is 0.938. The first-order chi connectivity index (χ1) is 5.54. The summed E-state index contributed by atoms with van der Waals surface area (Å²) in [6.45, 7) is 0. The molecule has 0 saturated carbocycles. The molecule has 0 aliphatic carbocycles. The molecular weight excluding hydrogens is 184 g/mol. The molecule has 0 bridgehead atoms. The zero-order valence-electron chi connectivity index (χ0n) is 6.13. The standard InChI is InChI=1S/C5H6N2O4S/c1-11-4-2-3-5(7-6-4)12(8,9)10/h2-3H,1H3,(H,8,9,10). The monoisotopic (exact) mass is 190 g/mol. The van der Waals surface area contributed by atoms with Gasteiger partial charge in [-0.05, 0) is 6.07 Å². The maximum Gasteiger partial charge on any atom is 0.314 e. The summed E-state index contributed by atoms with van der Waals surface area (Å²) < 4.78 is 34.0. The molecule has 7 heteroatoms. The van der Waals surface area contributed by atoms with Crippen LogP contribution in [0, 0.1) is 0 Å². The molecule has 0 saturated heterocycles. The number of methoxy groups -OCH3 is 1. The second kappa shape index (κ2) is 3.03. The molecule has 0 atom stereocenters. The van der Waals surface area contributed by atoms with E-state index in [1.807, 2.05) is 0 Å². The van der Waals surface area contributed by atoms with Gasteiger partial charge in [-0.2, -0.15) is 8.42 Å². The van der Waals surface area contributed by atoms with E-state index in [9.17, 15) is 8.42 Å². The summed E-state index contributed by atoms with van der Waals surface area (Å²) in [5.74, 6) is 0.183. The van der Waals surface area contributed by atoms with Crippen LogP contribution in [-0.4, -0.2) is 30.3 Å². The Labute approximate surface area is 68.9 Å². The molecule has 0 radical (unpaired) electrons. The van der Waals surface area contributed by atoms with Crippen LogP contribution < -0.4 is 4.74 Å². The molecule has 1 N–H and O–H groups in total. The van der Waals surface area contributed by atoms with Crippen LogP contribution in [0.4, 0.5) is 0 Å². The molecule has 0 aliphatic heterocycles. The molecule has 0 aliphatic rings. The fourth-order valence-electron chi connectivity index (χ4n) is 0.554. The summed E-state index contributed by atoms with van der Waals surface area (Å²) in [5.41, 5.74) is 0. The van der Waals surface area contributed by atoms with Crippen molar-refractivity contribution in [2.75, 3.05) is 7.11 Å². The summed E-state index contributed by atoms with van der Waals surface area (Å²) >= 11 is 0. The maximum atomic E-state index is 10.4. The highest BCUT2D eigenvalue weighted by molar-refractivity contribution is 7.85. The van der Waals surface area contributed by atoms with Crippen molar-refractivity contribution >= 4 is 10.1 Å². The first kappa shape index (κ1) is 8.88. The van der Waals surface area contributed by atoms with Gasteiger partial charge >= 0.3 is 10.1 Å². The van der Waals surface area contributed by atoms with E-state index in [1.54, 1.807) is 0 Å². The molecule has 0 amide bonds. The SMILES string of the molecule is COc1ccc(S(=O)(=O)O)nn1. The van der Waals surface area contributed by atoms with Crippen molar-refractivity contribution in [1.82, 2.24) is 10.2 Å². The van der Waals surface area contributed by atoms with Gasteiger partial charge in [-0.3, -0.25) is 4.55 Å². The molecule has 1 aromatic heterocycles. The van der Waals surface area contributed by atoms with E-state index in [1.165, 1.54) is 13.2 Å². The molecule has 0 aromatic carbocycles. The molecule has 0 unspecified atom stereocenters. The van der Waals surface area contributed by atoms with Gasteiger partial charge in [-0.25, -0.2) is 0 Å². The first-order valence-corrected chi connectivity index (χ1v) is 4.33. The maximum absolute atomic E-state index is 10.4. The Morgan fingerprint density at radius 2 is 2.08 bits per heavy atom. The Bertz CT molecular complexity index is 358. The van der Waals surface area contributed by atoms with Gasteiger partial charge in [-0.15, -0.1) is 10.2 Å². The van der Waals surface area contributed by atoms with E-state index < -0.39 is 15.1 Å². The van der Waals surface area contributed by atoms with Crippen LogP contribution in [-0.2, 0) is 10.1 Å². The quantitative estimate of drug-likeness (QED) is 0.646. The van der Waals surface area contributed by atoms with Gasteiger partial charge in [0.05, 0.1) is 7.11 Å². The van der Waals surface area contributed by atoms with Crippen molar-refractivity contribution in [1.29, 1.82) is 0 Å². The lowest BCUT2D eigenvalue weighted by molar-refractivity contribution is 0.389. The molecule has 12 heavy (non-hydrogen) atoms. The topological polar surface area (TPSA) is 89.4 Å². The van der Waals surface area contributed by atoms with E-state index in [4.69, 9.17) is 4.55 Å². The van der Waals surface area contributed by atoms with Crippen LogP contribution in [0.15, 0.2) is 17.2 Å². The van der Waals surface area contributed by atoms with Crippen molar-refractivity contribution in [2.24, 2.45) is 0 Å². The Morgan fingerprint density at radius 1 is 1.42 bits per heavy atom. The molecule has 6 nitrogen and oxygen atoms in total. The van der Waals surface area contributed by atoms with Crippen molar-refractivity contribution < 1.29 is 17.7 Å². The molecule has 66 valence electrons. The van der Waals surface area contributed by atoms with Crippen LogP contribution in [0.25, 0.3) is 0 Å². The summed E-state index contributed by atoms with van der Waals surface area (Å²) in [6.07, 6.45) is 0. The number of aromatic nitrogens is 2. The Hall–Kier alpha value is -1.21. The zero-order chi connectivity index (χ0) is 9.19. The highest BCUT2D eigenvalue weighted by Gasteiger charge is 2.11.